The zero-order valence-electron chi connectivity index (χ0n) is 18.3. The van der Waals surface area contributed by atoms with E-state index in [-0.39, 0.29) is 29.4 Å². The van der Waals surface area contributed by atoms with Gasteiger partial charge in [0.1, 0.15) is 11.5 Å². The summed E-state index contributed by atoms with van der Waals surface area (Å²) in [6.07, 6.45) is 2.43. The van der Waals surface area contributed by atoms with Crippen molar-refractivity contribution in [1.82, 2.24) is 29.4 Å². The number of carbonyl (C=O) groups is 2. The van der Waals surface area contributed by atoms with Crippen LogP contribution >= 0.6 is 11.6 Å². The van der Waals surface area contributed by atoms with E-state index in [4.69, 9.17) is 16.7 Å². The lowest BCUT2D eigenvalue weighted by Crippen LogP contribution is -2.39. The Morgan fingerprint density at radius 2 is 2.03 bits per heavy atom. The van der Waals surface area contributed by atoms with Gasteiger partial charge in [-0.2, -0.15) is 10.2 Å². The molecular formula is C22H23ClFN7O2. The third kappa shape index (κ3) is 3.95. The van der Waals surface area contributed by atoms with Crippen LogP contribution < -0.4 is 5.32 Å². The molecule has 4 heterocycles. The Labute approximate surface area is 194 Å². The van der Waals surface area contributed by atoms with Crippen molar-refractivity contribution in [3.05, 3.63) is 63.9 Å². The average Bonchev–Trinajstić information content (AvgIpc) is 3.34. The fraction of sp³-hybridized carbons (Fsp3) is 0.364. The molecule has 172 valence electrons. The third-order valence-corrected chi connectivity index (χ3v) is 6.44. The molecule has 0 spiro atoms. The van der Waals surface area contributed by atoms with Crippen LogP contribution in [0.5, 0.6) is 0 Å². The molecule has 2 aliphatic heterocycles. The van der Waals surface area contributed by atoms with Gasteiger partial charge in [0.15, 0.2) is 0 Å². The third-order valence-electron chi connectivity index (χ3n) is 6.15. The van der Waals surface area contributed by atoms with Gasteiger partial charge in [-0.3, -0.25) is 14.2 Å². The van der Waals surface area contributed by atoms with Crippen LogP contribution in [0.15, 0.2) is 30.5 Å². The molecule has 1 atom stereocenters. The Morgan fingerprint density at radius 3 is 2.76 bits per heavy atom. The molecule has 0 saturated heterocycles. The summed E-state index contributed by atoms with van der Waals surface area (Å²) < 4.78 is 16.9. The number of aryl methyl sites for hydroxylation is 1. The number of anilines is 1. The van der Waals surface area contributed by atoms with Crippen LogP contribution in [0.25, 0.3) is 0 Å². The molecule has 11 heteroatoms. The highest BCUT2D eigenvalue weighted by molar-refractivity contribution is 6.31. The zero-order chi connectivity index (χ0) is 23.3. The van der Waals surface area contributed by atoms with E-state index in [1.807, 2.05) is 19.3 Å². The summed E-state index contributed by atoms with van der Waals surface area (Å²) in [5.74, 6) is -0.647. The number of hydrogen-bond donors (Lipinski definition) is 1. The summed E-state index contributed by atoms with van der Waals surface area (Å²) >= 11 is 5.82. The fourth-order valence-corrected chi connectivity index (χ4v) is 4.63. The first-order valence-electron chi connectivity index (χ1n) is 10.6. The van der Waals surface area contributed by atoms with Gasteiger partial charge in [-0.25, -0.2) is 9.18 Å². The quantitative estimate of drug-likeness (QED) is 0.622. The topological polar surface area (TPSA) is 88.3 Å². The molecule has 5 rings (SSSR count). The van der Waals surface area contributed by atoms with Crippen LogP contribution in [-0.4, -0.2) is 61.4 Å². The lowest BCUT2D eigenvalue weighted by Gasteiger charge is -2.27. The summed E-state index contributed by atoms with van der Waals surface area (Å²) in [5.41, 5.74) is 3.44. The lowest BCUT2D eigenvalue weighted by atomic mass is 10.0. The van der Waals surface area contributed by atoms with E-state index in [0.29, 0.717) is 37.4 Å². The van der Waals surface area contributed by atoms with Gasteiger partial charge in [0.2, 0.25) is 0 Å². The Kier molecular flexibility index (Phi) is 5.32. The van der Waals surface area contributed by atoms with Crippen LogP contribution in [0.4, 0.5) is 14.9 Å². The molecule has 0 saturated carbocycles. The second kappa shape index (κ2) is 8.18. The van der Waals surface area contributed by atoms with Gasteiger partial charge in [0, 0.05) is 57.0 Å². The van der Waals surface area contributed by atoms with E-state index < -0.39 is 5.82 Å². The SMILES string of the molecule is CN1CC(c2ccn(C)n2)Cn2nc3c(c2C1=O)CN(C(=O)Nc1ccc(F)c(Cl)c1)CC3. The molecule has 0 radical (unpaired) electrons. The highest BCUT2D eigenvalue weighted by Gasteiger charge is 2.35. The van der Waals surface area contributed by atoms with Crippen molar-refractivity contribution in [2.75, 3.05) is 25.5 Å². The normalized spacial score (nSPS) is 18.1. The Morgan fingerprint density at radius 1 is 1.21 bits per heavy atom. The number of nitrogens with one attached hydrogen (secondary N) is 1. The summed E-state index contributed by atoms with van der Waals surface area (Å²) in [6, 6.07) is 5.65. The van der Waals surface area contributed by atoms with Gasteiger partial charge >= 0.3 is 6.03 Å². The molecule has 33 heavy (non-hydrogen) atoms. The molecule has 0 bridgehead atoms. The second-order valence-electron chi connectivity index (χ2n) is 8.48. The molecule has 9 nitrogen and oxygen atoms in total. The smallest absolute Gasteiger partial charge is 0.322 e. The first-order valence-corrected chi connectivity index (χ1v) is 11.0. The number of urea groups is 1. The molecule has 0 fully saturated rings. The van der Waals surface area contributed by atoms with Gasteiger partial charge in [-0.15, -0.1) is 0 Å². The highest BCUT2D eigenvalue weighted by atomic mass is 35.5. The van der Waals surface area contributed by atoms with Crippen molar-refractivity contribution in [1.29, 1.82) is 0 Å². The molecule has 1 aromatic carbocycles. The van der Waals surface area contributed by atoms with Crippen LogP contribution in [0.1, 0.15) is 33.4 Å². The first-order chi connectivity index (χ1) is 15.8. The number of carbonyl (C=O) groups excluding carboxylic acids is 2. The van der Waals surface area contributed by atoms with Crippen LogP contribution in [0, 0.1) is 5.82 Å². The zero-order valence-corrected chi connectivity index (χ0v) is 19.0. The number of benzene rings is 1. The van der Waals surface area contributed by atoms with E-state index in [1.165, 1.54) is 18.2 Å². The number of nitrogens with zero attached hydrogens (tertiary/aromatic N) is 6. The van der Waals surface area contributed by atoms with E-state index >= 15 is 0 Å². The van der Waals surface area contributed by atoms with E-state index in [9.17, 15) is 14.0 Å². The molecule has 0 aliphatic carbocycles. The number of amides is 3. The van der Waals surface area contributed by atoms with E-state index in [1.54, 1.807) is 26.2 Å². The van der Waals surface area contributed by atoms with Crippen LogP contribution in [0.3, 0.4) is 0 Å². The Bertz CT molecular complexity index is 1250. The number of aromatic nitrogens is 4. The fourth-order valence-electron chi connectivity index (χ4n) is 4.45. The van der Waals surface area contributed by atoms with Gasteiger partial charge < -0.3 is 15.1 Å². The maximum absolute atomic E-state index is 13.4. The Balaban J connectivity index is 1.40. The van der Waals surface area contributed by atoms with Crippen molar-refractivity contribution in [3.63, 3.8) is 0 Å². The largest absolute Gasteiger partial charge is 0.340 e. The molecule has 2 aliphatic rings. The molecular weight excluding hydrogens is 449 g/mol. The molecule has 3 aromatic rings. The Hall–Kier alpha value is -3.40. The minimum Gasteiger partial charge on any atom is -0.340 e. The lowest BCUT2D eigenvalue weighted by molar-refractivity contribution is 0.0788. The predicted molar refractivity (Wildman–Crippen MR) is 120 cm³/mol. The average molecular weight is 472 g/mol. The number of fused-ring (bicyclic) bond motifs is 3. The molecule has 1 N–H and O–H groups in total. The number of hydrogen-bond acceptors (Lipinski definition) is 4. The number of likely N-dealkylation sites (N-methyl/N-ethyl adjacent to an activating group) is 1. The standard InChI is InChI=1S/C22H23ClFN7O2/c1-28-10-13(18-5-7-29(2)26-18)11-31-20(21(28)32)15-12-30(8-6-19(15)27-31)22(33)25-14-3-4-17(24)16(23)9-14/h3-5,7,9,13H,6,8,10-12H2,1-2H3,(H,25,33). The van der Waals surface area contributed by atoms with Gasteiger partial charge in [-0.1, -0.05) is 11.6 Å². The maximum Gasteiger partial charge on any atom is 0.322 e. The van der Waals surface area contributed by atoms with Crippen LogP contribution in [0.2, 0.25) is 5.02 Å². The number of rotatable bonds is 2. The van der Waals surface area contributed by atoms with E-state index in [2.05, 4.69) is 10.4 Å². The molecule has 2 aromatic heterocycles. The minimum atomic E-state index is -0.550. The first kappa shape index (κ1) is 21.4. The number of halogens is 2. The van der Waals surface area contributed by atoms with Gasteiger partial charge in [0.25, 0.3) is 5.91 Å². The summed E-state index contributed by atoms with van der Waals surface area (Å²) in [4.78, 5) is 29.4. The van der Waals surface area contributed by atoms with E-state index in [0.717, 1.165) is 17.0 Å². The second-order valence-corrected chi connectivity index (χ2v) is 8.89. The summed E-state index contributed by atoms with van der Waals surface area (Å²) in [7, 11) is 3.64. The van der Waals surface area contributed by atoms with Crippen molar-refractivity contribution < 1.29 is 14.0 Å². The summed E-state index contributed by atoms with van der Waals surface area (Å²) in [6.45, 7) is 1.79. The maximum atomic E-state index is 13.4. The monoisotopic (exact) mass is 471 g/mol. The van der Waals surface area contributed by atoms with Crippen molar-refractivity contribution in [2.45, 2.75) is 25.4 Å². The van der Waals surface area contributed by atoms with Gasteiger partial charge in [0.05, 0.1) is 29.5 Å². The molecule has 1 unspecified atom stereocenters. The van der Waals surface area contributed by atoms with Gasteiger partial charge in [-0.05, 0) is 24.3 Å². The van der Waals surface area contributed by atoms with Crippen LogP contribution in [-0.2, 0) is 26.6 Å². The van der Waals surface area contributed by atoms with Crippen molar-refractivity contribution in [3.8, 4) is 0 Å². The minimum absolute atomic E-state index is 0.0189. The van der Waals surface area contributed by atoms with Crippen molar-refractivity contribution in [2.24, 2.45) is 7.05 Å². The van der Waals surface area contributed by atoms with Crippen molar-refractivity contribution >= 4 is 29.2 Å². The molecule has 3 amide bonds. The predicted octanol–water partition coefficient (Wildman–Crippen LogP) is 2.87. The summed E-state index contributed by atoms with van der Waals surface area (Å²) in [5, 5.41) is 11.9. The highest BCUT2D eigenvalue weighted by Crippen LogP contribution is 2.29.